The van der Waals surface area contributed by atoms with Gasteiger partial charge in [0.2, 0.25) is 0 Å². The van der Waals surface area contributed by atoms with E-state index < -0.39 is 0 Å². The van der Waals surface area contributed by atoms with Crippen LogP contribution >= 0.6 is 0 Å². The van der Waals surface area contributed by atoms with Gasteiger partial charge < -0.3 is 4.90 Å². The average Bonchev–Trinajstić information content (AvgIpc) is 2.49. The molecule has 1 saturated carbocycles. The molecular formula is C18H27N. The first kappa shape index (κ1) is 13.0. The smallest absolute Gasteiger partial charge is 0.0366 e. The molecule has 0 amide bonds. The van der Waals surface area contributed by atoms with Crippen LogP contribution < -0.4 is 4.90 Å². The summed E-state index contributed by atoms with van der Waals surface area (Å²) in [6, 6.07) is 11.0. The molecular weight excluding hydrogens is 230 g/mol. The second-order valence-electron chi connectivity index (χ2n) is 6.53. The molecule has 19 heavy (non-hydrogen) atoms. The van der Waals surface area contributed by atoms with Crippen LogP contribution in [0.5, 0.6) is 0 Å². The van der Waals surface area contributed by atoms with Crippen molar-refractivity contribution in [3.63, 3.8) is 0 Å². The fourth-order valence-electron chi connectivity index (χ4n) is 4.03. The number of nitrogens with zero attached hydrogens (tertiary/aromatic N) is 1. The molecule has 1 nitrogen and oxygen atoms in total. The number of piperidine rings is 1. The summed E-state index contributed by atoms with van der Waals surface area (Å²) in [4.78, 5) is 2.61. The lowest BCUT2D eigenvalue weighted by molar-refractivity contribution is 0.266. The maximum atomic E-state index is 2.61. The van der Waals surface area contributed by atoms with Crippen molar-refractivity contribution in [2.45, 2.75) is 51.4 Å². The van der Waals surface area contributed by atoms with E-state index >= 15 is 0 Å². The van der Waals surface area contributed by atoms with Gasteiger partial charge in [0.1, 0.15) is 0 Å². The normalized spacial score (nSPS) is 25.5. The Bertz CT molecular complexity index is 367. The number of hydrogen-bond acceptors (Lipinski definition) is 1. The first-order valence-corrected chi connectivity index (χ1v) is 8.22. The molecule has 0 N–H and O–H groups in total. The fraction of sp³-hybridized carbons (Fsp3) is 0.667. The summed E-state index contributed by atoms with van der Waals surface area (Å²) < 4.78 is 0. The second kappa shape index (κ2) is 6.45. The molecule has 1 aliphatic carbocycles. The topological polar surface area (TPSA) is 3.24 Å². The van der Waals surface area contributed by atoms with E-state index in [0.29, 0.717) is 0 Å². The van der Waals surface area contributed by atoms with Gasteiger partial charge in [-0.2, -0.15) is 0 Å². The molecule has 1 aromatic carbocycles. The SMILES string of the molecule is c1ccc(N2CCCC(CC3CCCCC3)C2)cc1. The van der Waals surface area contributed by atoms with Crippen molar-refractivity contribution in [3.8, 4) is 0 Å². The molecule has 0 aromatic heterocycles. The summed E-state index contributed by atoms with van der Waals surface area (Å²) in [7, 11) is 0. The molecule has 1 atom stereocenters. The maximum Gasteiger partial charge on any atom is 0.0366 e. The molecule has 104 valence electrons. The van der Waals surface area contributed by atoms with Gasteiger partial charge in [-0.15, -0.1) is 0 Å². The van der Waals surface area contributed by atoms with E-state index in [2.05, 4.69) is 35.2 Å². The van der Waals surface area contributed by atoms with Gasteiger partial charge in [-0.25, -0.2) is 0 Å². The van der Waals surface area contributed by atoms with Crippen LogP contribution in [0.2, 0.25) is 0 Å². The van der Waals surface area contributed by atoms with Crippen molar-refractivity contribution >= 4 is 5.69 Å². The largest absolute Gasteiger partial charge is 0.371 e. The first-order chi connectivity index (χ1) is 9.42. The predicted octanol–water partition coefficient (Wildman–Crippen LogP) is 4.87. The Kier molecular flexibility index (Phi) is 4.42. The minimum Gasteiger partial charge on any atom is -0.371 e. The minimum absolute atomic E-state index is 0.942. The Morgan fingerprint density at radius 2 is 1.58 bits per heavy atom. The van der Waals surface area contributed by atoms with Gasteiger partial charge in [0.15, 0.2) is 0 Å². The maximum absolute atomic E-state index is 2.61. The lowest BCUT2D eigenvalue weighted by atomic mass is 9.80. The van der Waals surface area contributed by atoms with Gasteiger partial charge in [0.05, 0.1) is 0 Å². The molecule has 1 heteroatoms. The van der Waals surface area contributed by atoms with Crippen molar-refractivity contribution in [2.75, 3.05) is 18.0 Å². The molecule has 1 saturated heterocycles. The first-order valence-electron chi connectivity index (χ1n) is 8.22. The van der Waals surface area contributed by atoms with Gasteiger partial charge in [-0.1, -0.05) is 50.3 Å². The lowest BCUT2D eigenvalue weighted by Gasteiger charge is -2.36. The van der Waals surface area contributed by atoms with E-state index in [1.54, 1.807) is 0 Å². The highest BCUT2D eigenvalue weighted by molar-refractivity contribution is 5.46. The second-order valence-corrected chi connectivity index (χ2v) is 6.53. The standard InChI is InChI=1S/C18H27N/c1-3-8-16(9-4-1)14-17-10-7-13-19(15-17)18-11-5-2-6-12-18/h2,5-6,11-12,16-17H,1,3-4,7-10,13-15H2. The lowest BCUT2D eigenvalue weighted by Crippen LogP contribution is -2.36. The molecule has 2 aliphatic rings. The third-order valence-electron chi connectivity index (χ3n) is 5.03. The molecule has 1 heterocycles. The summed E-state index contributed by atoms with van der Waals surface area (Å²) in [6.07, 6.45) is 11.8. The number of rotatable bonds is 3. The van der Waals surface area contributed by atoms with Gasteiger partial charge in [0, 0.05) is 18.8 Å². The van der Waals surface area contributed by atoms with Crippen molar-refractivity contribution in [2.24, 2.45) is 11.8 Å². The average molecular weight is 257 g/mol. The monoisotopic (exact) mass is 257 g/mol. The van der Waals surface area contributed by atoms with Crippen LogP contribution in [0.25, 0.3) is 0 Å². The van der Waals surface area contributed by atoms with Crippen molar-refractivity contribution in [1.82, 2.24) is 0 Å². The zero-order valence-corrected chi connectivity index (χ0v) is 12.1. The highest BCUT2D eigenvalue weighted by Crippen LogP contribution is 2.33. The van der Waals surface area contributed by atoms with Crippen LogP contribution in [-0.4, -0.2) is 13.1 Å². The number of anilines is 1. The van der Waals surface area contributed by atoms with E-state index in [4.69, 9.17) is 0 Å². The molecule has 0 spiro atoms. The van der Waals surface area contributed by atoms with Gasteiger partial charge in [-0.05, 0) is 43.2 Å². The predicted molar refractivity (Wildman–Crippen MR) is 82.6 cm³/mol. The Morgan fingerprint density at radius 1 is 0.842 bits per heavy atom. The number of para-hydroxylation sites is 1. The molecule has 3 rings (SSSR count). The van der Waals surface area contributed by atoms with Crippen molar-refractivity contribution < 1.29 is 0 Å². The van der Waals surface area contributed by atoms with Crippen LogP contribution in [0.15, 0.2) is 30.3 Å². The Morgan fingerprint density at radius 3 is 2.37 bits per heavy atom. The van der Waals surface area contributed by atoms with E-state index in [-0.39, 0.29) is 0 Å². The summed E-state index contributed by atoms with van der Waals surface area (Å²) in [5, 5.41) is 0. The molecule has 2 fully saturated rings. The summed E-state index contributed by atoms with van der Waals surface area (Å²) in [6.45, 7) is 2.55. The summed E-state index contributed by atoms with van der Waals surface area (Å²) >= 11 is 0. The van der Waals surface area contributed by atoms with Crippen molar-refractivity contribution in [1.29, 1.82) is 0 Å². The van der Waals surface area contributed by atoms with Gasteiger partial charge in [-0.3, -0.25) is 0 Å². The van der Waals surface area contributed by atoms with Gasteiger partial charge in [0.25, 0.3) is 0 Å². The van der Waals surface area contributed by atoms with E-state index in [1.807, 2.05) is 0 Å². The van der Waals surface area contributed by atoms with Crippen LogP contribution in [0.4, 0.5) is 5.69 Å². The zero-order valence-electron chi connectivity index (χ0n) is 12.1. The van der Waals surface area contributed by atoms with E-state index in [0.717, 1.165) is 11.8 Å². The highest BCUT2D eigenvalue weighted by atomic mass is 15.1. The molecule has 0 bridgehead atoms. The molecule has 1 aliphatic heterocycles. The van der Waals surface area contributed by atoms with Crippen LogP contribution in [0, 0.1) is 11.8 Å². The number of hydrogen-bond donors (Lipinski definition) is 0. The van der Waals surface area contributed by atoms with Crippen molar-refractivity contribution in [3.05, 3.63) is 30.3 Å². The molecule has 1 aromatic rings. The van der Waals surface area contributed by atoms with Crippen LogP contribution in [0.1, 0.15) is 51.4 Å². The third kappa shape index (κ3) is 3.52. The Hall–Kier alpha value is -0.980. The number of benzene rings is 1. The summed E-state index contributed by atoms with van der Waals surface area (Å²) in [5.41, 5.74) is 1.43. The quantitative estimate of drug-likeness (QED) is 0.746. The summed E-state index contributed by atoms with van der Waals surface area (Å²) in [5.74, 6) is 1.98. The third-order valence-corrected chi connectivity index (χ3v) is 5.03. The van der Waals surface area contributed by atoms with Crippen LogP contribution in [-0.2, 0) is 0 Å². The zero-order chi connectivity index (χ0) is 12.9. The van der Waals surface area contributed by atoms with Crippen LogP contribution in [0.3, 0.4) is 0 Å². The van der Waals surface area contributed by atoms with Gasteiger partial charge >= 0.3 is 0 Å². The molecule has 0 radical (unpaired) electrons. The molecule has 1 unspecified atom stereocenters. The van der Waals surface area contributed by atoms with E-state index in [9.17, 15) is 0 Å². The minimum atomic E-state index is 0.942. The highest BCUT2D eigenvalue weighted by Gasteiger charge is 2.24. The fourth-order valence-corrected chi connectivity index (χ4v) is 4.03. The van der Waals surface area contributed by atoms with E-state index in [1.165, 1.54) is 70.1 Å². The Labute approximate surface area is 118 Å². The Balaban J connectivity index is 1.55.